The van der Waals surface area contributed by atoms with Crippen LogP contribution in [-0.2, 0) is 30.4 Å². The van der Waals surface area contributed by atoms with Gasteiger partial charge in [-0.1, -0.05) is 50.6 Å². The zero-order chi connectivity index (χ0) is 26.8. The largest absolute Gasteiger partial charge is 0.480 e. The van der Waals surface area contributed by atoms with E-state index in [1.54, 1.807) is 13.8 Å². The quantitative estimate of drug-likeness (QED) is 0.249. The van der Waals surface area contributed by atoms with Crippen molar-refractivity contribution in [3.8, 4) is 0 Å². The first kappa shape index (κ1) is 28.8. The molecule has 1 saturated heterocycles. The van der Waals surface area contributed by atoms with Crippen molar-refractivity contribution in [3.63, 3.8) is 0 Å². The lowest BCUT2D eigenvalue weighted by atomic mass is 9.98. The number of aliphatic carboxylic acids is 1. The first-order valence-electron chi connectivity index (χ1n) is 12.3. The van der Waals surface area contributed by atoms with E-state index in [2.05, 4.69) is 10.6 Å². The highest BCUT2D eigenvalue weighted by Crippen LogP contribution is 2.20. The molecule has 11 nitrogen and oxygen atoms in total. The maximum atomic E-state index is 13.2. The first-order chi connectivity index (χ1) is 17.0. The van der Waals surface area contributed by atoms with Gasteiger partial charge in [-0.15, -0.1) is 0 Å². The average Bonchev–Trinajstić information content (AvgIpc) is 3.34. The second-order valence-corrected chi connectivity index (χ2v) is 9.26. The zero-order valence-corrected chi connectivity index (χ0v) is 20.8. The fourth-order valence-corrected chi connectivity index (χ4v) is 4.23. The van der Waals surface area contributed by atoms with Crippen molar-refractivity contribution in [2.45, 2.75) is 76.5 Å². The first-order valence-corrected chi connectivity index (χ1v) is 12.3. The molecular formula is C25H37N5O6. The SMILES string of the molecule is CCC(C)C(NC(=O)C(CCC(N)=O)NC(=O)C1CCCN1C(=O)C(N)Cc1ccccc1)C(=O)O. The third-order valence-corrected chi connectivity index (χ3v) is 6.54. The van der Waals surface area contributed by atoms with Gasteiger partial charge < -0.3 is 32.1 Å². The Morgan fingerprint density at radius 1 is 1.14 bits per heavy atom. The van der Waals surface area contributed by atoms with Crippen LogP contribution in [0.15, 0.2) is 30.3 Å². The molecule has 1 aliphatic rings. The normalized spacial score (nSPS) is 18.5. The average molecular weight is 504 g/mol. The number of primary amides is 1. The van der Waals surface area contributed by atoms with E-state index in [1.165, 1.54) is 4.90 Å². The number of rotatable bonds is 13. The van der Waals surface area contributed by atoms with E-state index in [9.17, 15) is 29.1 Å². The number of carbonyl (C=O) groups is 5. The van der Waals surface area contributed by atoms with Crippen LogP contribution in [0.5, 0.6) is 0 Å². The Morgan fingerprint density at radius 3 is 2.39 bits per heavy atom. The fraction of sp³-hybridized carbons (Fsp3) is 0.560. The summed E-state index contributed by atoms with van der Waals surface area (Å²) >= 11 is 0. The van der Waals surface area contributed by atoms with E-state index in [0.29, 0.717) is 32.2 Å². The van der Waals surface area contributed by atoms with Crippen molar-refractivity contribution >= 4 is 29.6 Å². The summed E-state index contributed by atoms with van der Waals surface area (Å²) in [5.74, 6) is -3.87. The van der Waals surface area contributed by atoms with Crippen molar-refractivity contribution in [2.24, 2.45) is 17.4 Å². The van der Waals surface area contributed by atoms with Crippen LogP contribution in [0.2, 0.25) is 0 Å². The lowest BCUT2D eigenvalue weighted by Gasteiger charge is -2.29. The summed E-state index contributed by atoms with van der Waals surface area (Å²) in [6.45, 7) is 3.84. The molecule has 1 fully saturated rings. The topological polar surface area (TPSA) is 185 Å². The summed E-state index contributed by atoms with van der Waals surface area (Å²) in [4.78, 5) is 63.5. The number of likely N-dealkylation sites (tertiary alicyclic amines) is 1. The molecule has 0 aromatic heterocycles. The lowest BCUT2D eigenvalue weighted by Crippen LogP contribution is -2.57. The van der Waals surface area contributed by atoms with Crippen molar-refractivity contribution in [1.82, 2.24) is 15.5 Å². The van der Waals surface area contributed by atoms with Crippen LogP contribution in [0.4, 0.5) is 0 Å². The monoisotopic (exact) mass is 503 g/mol. The Balaban J connectivity index is 2.11. The van der Waals surface area contributed by atoms with Crippen LogP contribution in [0.1, 0.15) is 51.5 Å². The lowest BCUT2D eigenvalue weighted by molar-refractivity contribution is -0.144. The molecule has 0 aliphatic carbocycles. The molecule has 1 aromatic rings. The molecule has 0 radical (unpaired) electrons. The number of carbonyl (C=O) groups excluding carboxylic acids is 4. The van der Waals surface area contributed by atoms with E-state index in [0.717, 1.165) is 5.56 Å². The van der Waals surface area contributed by atoms with Gasteiger partial charge in [0.2, 0.25) is 23.6 Å². The standard InChI is InChI=1S/C25H37N5O6/c1-3-15(2)21(25(35)36)29-22(32)18(11-12-20(27)31)28-23(33)19-10-7-13-30(19)24(34)17(26)14-16-8-5-4-6-9-16/h4-6,8-9,15,17-19,21H,3,7,10-14,26H2,1-2H3,(H2,27,31)(H,28,33)(H,29,32)(H,35,36). The molecule has 2 rings (SSSR count). The predicted octanol–water partition coefficient (Wildman–Crippen LogP) is -0.0868. The highest BCUT2D eigenvalue weighted by atomic mass is 16.4. The minimum Gasteiger partial charge on any atom is -0.480 e. The highest BCUT2D eigenvalue weighted by molar-refractivity contribution is 5.94. The maximum Gasteiger partial charge on any atom is 0.326 e. The van der Waals surface area contributed by atoms with Crippen LogP contribution in [0.3, 0.4) is 0 Å². The second-order valence-electron chi connectivity index (χ2n) is 9.26. The van der Waals surface area contributed by atoms with Crippen molar-refractivity contribution in [2.75, 3.05) is 6.54 Å². The number of hydrogen-bond acceptors (Lipinski definition) is 6. The van der Waals surface area contributed by atoms with E-state index >= 15 is 0 Å². The molecule has 1 aliphatic heterocycles. The predicted molar refractivity (Wildman–Crippen MR) is 132 cm³/mol. The van der Waals surface area contributed by atoms with Crippen molar-refractivity contribution in [1.29, 1.82) is 0 Å². The number of amides is 4. The molecule has 7 N–H and O–H groups in total. The Hall–Kier alpha value is -3.47. The van der Waals surface area contributed by atoms with Gasteiger partial charge in [0.1, 0.15) is 18.1 Å². The van der Waals surface area contributed by atoms with E-state index < -0.39 is 47.9 Å². The van der Waals surface area contributed by atoms with Gasteiger partial charge in [0.15, 0.2) is 0 Å². The van der Waals surface area contributed by atoms with Crippen LogP contribution < -0.4 is 22.1 Å². The molecule has 1 heterocycles. The van der Waals surface area contributed by atoms with Gasteiger partial charge in [-0.2, -0.15) is 0 Å². The Bertz CT molecular complexity index is 940. The Morgan fingerprint density at radius 2 is 1.81 bits per heavy atom. The summed E-state index contributed by atoms with van der Waals surface area (Å²) in [5, 5.41) is 14.6. The van der Waals surface area contributed by atoms with Crippen LogP contribution >= 0.6 is 0 Å². The highest BCUT2D eigenvalue weighted by Gasteiger charge is 2.38. The Kier molecular flexibility index (Phi) is 10.8. The number of nitrogens with two attached hydrogens (primary N) is 2. The minimum absolute atomic E-state index is 0.103. The Labute approximate surface area is 211 Å². The molecule has 1 aromatic carbocycles. The summed E-state index contributed by atoms with van der Waals surface area (Å²) < 4.78 is 0. The summed E-state index contributed by atoms with van der Waals surface area (Å²) in [5.41, 5.74) is 12.3. The van der Waals surface area contributed by atoms with Crippen molar-refractivity contribution in [3.05, 3.63) is 35.9 Å². The molecule has 0 saturated carbocycles. The molecule has 5 unspecified atom stereocenters. The molecule has 11 heteroatoms. The molecular weight excluding hydrogens is 466 g/mol. The van der Waals surface area contributed by atoms with E-state index in [4.69, 9.17) is 11.5 Å². The van der Waals surface area contributed by atoms with Crippen molar-refractivity contribution < 1.29 is 29.1 Å². The number of nitrogens with zero attached hydrogens (tertiary/aromatic N) is 1. The number of benzene rings is 1. The van der Waals surface area contributed by atoms with Gasteiger partial charge in [-0.25, -0.2) is 4.79 Å². The number of carboxylic acids is 1. The molecule has 36 heavy (non-hydrogen) atoms. The maximum absolute atomic E-state index is 13.2. The minimum atomic E-state index is -1.20. The third kappa shape index (κ3) is 8.04. The summed E-state index contributed by atoms with van der Waals surface area (Å²) in [6, 6.07) is 5.31. The molecule has 0 bridgehead atoms. The molecule has 4 amide bonds. The van der Waals surface area contributed by atoms with Gasteiger partial charge in [0, 0.05) is 13.0 Å². The van der Waals surface area contributed by atoms with Crippen LogP contribution in [0.25, 0.3) is 0 Å². The van der Waals surface area contributed by atoms with Gasteiger partial charge in [-0.05, 0) is 37.2 Å². The van der Waals surface area contributed by atoms with E-state index in [-0.39, 0.29) is 24.7 Å². The van der Waals surface area contributed by atoms with Gasteiger partial charge in [-0.3, -0.25) is 19.2 Å². The number of hydrogen-bond donors (Lipinski definition) is 5. The number of carboxylic acid groups (broad SMARTS) is 1. The smallest absolute Gasteiger partial charge is 0.326 e. The summed E-state index contributed by atoms with van der Waals surface area (Å²) in [6.07, 6.45) is 1.53. The van der Waals surface area contributed by atoms with Crippen LogP contribution in [0, 0.1) is 5.92 Å². The van der Waals surface area contributed by atoms with E-state index in [1.807, 2.05) is 30.3 Å². The third-order valence-electron chi connectivity index (χ3n) is 6.54. The summed E-state index contributed by atoms with van der Waals surface area (Å²) in [7, 11) is 0. The zero-order valence-electron chi connectivity index (χ0n) is 20.8. The molecule has 198 valence electrons. The van der Waals surface area contributed by atoms with Gasteiger partial charge in [0.05, 0.1) is 6.04 Å². The fourth-order valence-electron chi connectivity index (χ4n) is 4.23. The molecule has 0 spiro atoms. The van der Waals surface area contributed by atoms with Gasteiger partial charge in [0.25, 0.3) is 0 Å². The van der Waals surface area contributed by atoms with Crippen LogP contribution in [-0.4, -0.2) is 70.3 Å². The second kappa shape index (κ2) is 13.6. The van der Waals surface area contributed by atoms with Gasteiger partial charge >= 0.3 is 5.97 Å². The molecule has 5 atom stereocenters. The number of nitrogens with one attached hydrogen (secondary N) is 2.